The van der Waals surface area contributed by atoms with Crippen molar-refractivity contribution in [3.8, 4) is 0 Å². The van der Waals surface area contributed by atoms with Crippen molar-refractivity contribution in [3.63, 3.8) is 0 Å². The highest BCUT2D eigenvalue weighted by Gasteiger charge is 2.18. The maximum absolute atomic E-state index is 6.01. The monoisotopic (exact) mass is 204 g/mol. The Hall–Kier alpha value is -1.18. The van der Waals surface area contributed by atoms with Gasteiger partial charge in [0.25, 0.3) is 0 Å². The summed E-state index contributed by atoms with van der Waals surface area (Å²) in [6.07, 6.45) is 2.37. The Morgan fingerprint density at radius 3 is 2.93 bits per heavy atom. The molecule has 0 saturated heterocycles. The summed E-state index contributed by atoms with van der Waals surface area (Å²) in [5.41, 5.74) is 9.67. The third-order valence-corrected chi connectivity index (χ3v) is 2.97. The molecule has 2 N–H and O–H groups in total. The maximum atomic E-state index is 6.01. The number of anilines is 2. The van der Waals surface area contributed by atoms with Gasteiger partial charge in [0.05, 0.1) is 0 Å². The predicted octanol–water partition coefficient (Wildman–Crippen LogP) is 2.68. The fourth-order valence-corrected chi connectivity index (χ4v) is 2.36. The molecule has 0 saturated carbocycles. The van der Waals surface area contributed by atoms with Crippen LogP contribution < -0.4 is 10.6 Å². The van der Waals surface area contributed by atoms with E-state index in [-0.39, 0.29) is 0 Å². The number of nitrogens with zero attached hydrogens (tertiary/aromatic N) is 1. The topological polar surface area (TPSA) is 29.3 Å². The molecular weight excluding hydrogens is 184 g/mol. The van der Waals surface area contributed by atoms with Gasteiger partial charge in [0, 0.05) is 24.5 Å². The summed E-state index contributed by atoms with van der Waals surface area (Å²) in [4.78, 5) is 2.47. The molecule has 1 aromatic rings. The van der Waals surface area contributed by atoms with E-state index in [1.54, 1.807) is 0 Å². The van der Waals surface area contributed by atoms with Crippen LogP contribution in [-0.2, 0) is 6.42 Å². The molecule has 0 bridgehead atoms. The predicted molar refractivity (Wildman–Crippen MR) is 66.2 cm³/mol. The lowest BCUT2D eigenvalue weighted by Crippen LogP contribution is -2.32. The number of nitrogen functional groups attached to an aromatic ring is 1. The molecule has 0 amide bonds. The van der Waals surface area contributed by atoms with Crippen LogP contribution >= 0.6 is 0 Å². The number of benzene rings is 1. The van der Waals surface area contributed by atoms with E-state index in [1.165, 1.54) is 24.2 Å². The SMILES string of the molecule is CC(C)CN1CCCc2c(N)cccc21. The second kappa shape index (κ2) is 4.13. The van der Waals surface area contributed by atoms with Gasteiger partial charge in [0.15, 0.2) is 0 Å². The average molecular weight is 204 g/mol. The normalized spacial score (nSPS) is 15.5. The Morgan fingerprint density at radius 2 is 2.20 bits per heavy atom. The number of fused-ring (bicyclic) bond motifs is 1. The Morgan fingerprint density at radius 1 is 1.40 bits per heavy atom. The molecule has 0 spiro atoms. The summed E-state index contributed by atoms with van der Waals surface area (Å²) >= 11 is 0. The van der Waals surface area contributed by atoms with E-state index in [0.29, 0.717) is 5.92 Å². The van der Waals surface area contributed by atoms with Crippen molar-refractivity contribution in [1.29, 1.82) is 0 Å². The Bertz CT molecular complexity index is 344. The molecule has 1 aliphatic rings. The molecule has 2 nitrogen and oxygen atoms in total. The molecule has 15 heavy (non-hydrogen) atoms. The fraction of sp³-hybridized carbons (Fsp3) is 0.538. The maximum Gasteiger partial charge on any atom is 0.0419 e. The minimum Gasteiger partial charge on any atom is -0.398 e. The average Bonchev–Trinajstić information content (AvgIpc) is 2.19. The fourth-order valence-electron chi connectivity index (χ4n) is 2.36. The first-order valence-electron chi connectivity index (χ1n) is 5.81. The summed E-state index contributed by atoms with van der Waals surface area (Å²) in [6, 6.07) is 6.28. The van der Waals surface area contributed by atoms with Crippen molar-refractivity contribution in [2.45, 2.75) is 26.7 Å². The molecule has 82 valence electrons. The highest BCUT2D eigenvalue weighted by Crippen LogP contribution is 2.31. The van der Waals surface area contributed by atoms with Gasteiger partial charge in [-0.2, -0.15) is 0 Å². The summed E-state index contributed by atoms with van der Waals surface area (Å²) in [5.74, 6) is 0.706. The van der Waals surface area contributed by atoms with Crippen LogP contribution in [0.5, 0.6) is 0 Å². The van der Waals surface area contributed by atoms with Crippen LogP contribution in [0.1, 0.15) is 25.8 Å². The van der Waals surface area contributed by atoms with Crippen molar-refractivity contribution >= 4 is 11.4 Å². The minimum absolute atomic E-state index is 0.706. The van der Waals surface area contributed by atoms with E-state index in [9.17, 15) is 0 Å². The largest absolute Gasteiger partial charge is 0.398 e. The third kappa shape index (κ3) is 2.09. The lowest BCUT2D eigenvalue weighted by molar-refractivity contribution is 0.585. The molecule has 1 heterocycles. The zero-order chi connectivity index (χ0) is 10.8. The number of hydrogen-bond acceptors (Lipinski definition) is 2. The molecule has 2 heteroatoms. The van der Waals surface area contributed by atoms with Gasteiger partial charge in [-0.25, -0.2) is 0 Å². The Labute approximate surface area is 92.1 Å². The number of nitrogens with two attached hydrogens (primary N) is 1. The van der Waals surface area contributed by atoms with Crippen LogP contribution in [0.4, 0.5) is 11.4 Å². The van der Waals surface area contributed by atoms with Crippen LogP contribution in [0.25, 0.3) is 0 Å². The smallest absolute Gasteiger partial charge is 0.0419 e. The van der Waals surface area contributed by atoms with Gasteiger partial charge in [0.1, 0.15) is 0 Å². The lowest BCUT2D eigenvalue weighted by atomic mass is 9.99. The van der Waals surface area contributed by atoms with Gasteiger partial charge in [-0.15, -0.1) is 0 Å². The lowest BCUT2D eigenvalue weighted by Gasteiger charge is -2.33. The molecule has 1 aliphatic heterocycles. The summed E-state index contributed by atoms with van der Waals surface area (Å²) in [5, 5.41) is 0. The molecule has 0 aliphatic carbocycles. The van der Waals surface area contributed by atoms with Gasteiger partial charge < -0.3 is 10.6 Å². The zero-order valence-electron chi connectivity index (χ0n) is 9.66. The van der Waals surface area contributed by atoms with Gasteiger partial charge in [-0.3, -0.25) is 0 Å². The van der Waals surface area contributed by atoms with Crippen molar-refractivity contribution in [2.24, 2.45) is 5.92 Å². The van der Waals surface area contributed by atoms with Crippen molar-refractivity contribution < 1.29 is 0 Å². The van der Waals surface area contributed by atoms with Crippen molar-refractivity contribution in [2.75, 3.05) is 23.7 Å². The molecule has 0 fully saturated rings. The highest BCUT2D eigenvalue weighted by molar-refractivity contribution is 5.66. The van der Waals surface area contributed by atoms with Crippen LogP contribution in [0.2, 0.25) is 0 Å². The number of rotatable bonds is 2. The van der Waals surface area contributed by atoms with Gasteiger partial charge in [0.2, 0.25) is 0 Å². The quantitative estimate of drug-likeness (QED) is 0.750. The highest BCUT2D eigenvalue weighted by atomic mass is 15.1. The van der Waals surface area contributed by atoms with Crippen LogP contribution in [-0.4, -0.2) is 13.1 Å². The van der Waals surface area contributed by atoms with E-state index < -0.39 is 0 Å². The molecule has 0 atom stereocenters. The zero-order valence-corrected chi connectivity index (χ0v) is 9.66. The van der Waals surface area contributed by atoms with E-state index in [0.717, 1.165) is 18.7 Å². The van der Waals surface area contributed by atoms with Gasteiger partial charge >= 0.3 is 0 Å². The molecule has 1 aromatic carbocycles. The second-order valence-corrected chi connectivity index (χ2v) is 4.79. The standard InChI is InChI=1S/C13H20N2/c1-10(2)9-15-8-4-5-11-12(14)6-3-7-13(11)15/h3,6-7,10H,4-5,8-9,14H2,1-2H3. The molecule has 0 aromatic heterocycles. The molecule has 0 radical (unpaired) electrons. The van der Waals surface area contributed by atoms with E-state index in [1.807, 2.05) is 6.07 Å². The minimum atomic E-state index is 0.706. The molecular formula is C13H20N2. The number of hydrogen-bond donors (Lipinski definition) is 1. The first kappa shape index (κ1) is 10.3. The van der Waals surface area contributed by atoms with E-state index >= 15 is 0 Å². The third-order valence-electron chi connectivity index (χ3n) is 2.97. The second-order valence-electron chi connectivity index (χ2n) is 4.79. The van der Waals surface area contributed by atoms with E-state index in [4.69, 9.17) is 5.73 Å². The van der Waals surface area contributed by atoms with Crippen molar-refractivity contribution in [1.82, 2.24) is 0 Å². The summed E-state index contributed by atoms with van der Waals surface area (Å²) in [7, 11) is 0. The van der Waals surface area contributed by atoms with Crippen LogP contribution in [0.3, 0.4) is 0 Å². The van der Waals surface area contributed by atoms with Crippen molar-refractivity contribution in [3.05, 3.63) is 23.8 Å². The van der Waals surface area contributed by atoms with Gasteiger partial charge in [-0.1, -0.05) is 19.9 Å². The first-order valence-corrected chi connectivity index (χ1v) is 5.81. The molecule has 2 rings (SSSR count). The van der Waals surface area contributed by atoms with Gasteiger partial charge in [-0.05, 0) is 36.5 Å². The molecule has 0 unspecified atom stereocenters. The summed E-state index contributed by atoms with van der Waals surface area (Å²) < 4.78 is 0. The summed E-state index contributed by atoms with van der Waals surface area (Å²) in [6.45, 7) is 6.84. The van der Waals surface area contributed by atoms with Crippen LogP contribution in [0.15, 0.2) is 18.2 Å². The van der Waals surface area contributed by atoms with Crippen LogP contribution in [0, 0.1) is 5.92 Å². The Balaban J connectivity index is 2.30. The first-order chi connectivity index (χ1) is 7.18. The van der Waals surface area contributed by atoms with E-state index in [2.05, 4.69) is 30.9 Å². The Kier molecular flexibility index (Phi) is 2.85.